The lowest BCUT2D eigenvalue weighted by Crippen LogP contribution is -2.80. The molecule has 6 nitrogen and oxygen atoms in total. The van der Waals surface area contributed by atoms with Crippen molar-refractivity contribution in [3.05, 3.63) is 12.0 Å². The van der Waals surface area contributed by atoms with E-state index < -0.39 is 0 Å². The Morgan fingerprint density at radius 2 is 2.28 bits per heavy atom. The Labute approximate surface area is 107 Å². The molecule has 6 heteroatoms. The molecule has 1 aliphatic rings. The summed E-state index contributed by atoms with van der Waals surface area (Å²) in [6, 6.07) is 0. The number of nitrogens with two attached hydrogens (primary N) is 2. The Balaban J connectivity index is 2.04. The summed E-state index contributed by atoms with van der Waals surface area (Å²) in [6.45, 7) is 3.04. The topological polar surface area (TPSA) is 86.9 Å². The molecule has 0 spiro atoms. The van der Waals surface area contributed by atoms with Crippen LogP contribution < -0.4 is 15.8 Å². The van der Waals surface area contributed by atoms with Crippen molar-refractivity contribution in [2.45, 2.75) is 18.8 Å². The van der Waals surface area contributed by atoms with Crippen molar-refractivity contribution in [2.75, 3.05) is 39.1 Å². The minimum atomic E-state index is 0.361. The molecular weight excluding hydrogens is 232 g/mol. The average molecular weight is 253 g/mol. The second kappa shape index (κ2) is 6.51. The van der Waals surface area contributed by atoms with Gasteiger partial charge in [-0.05, 0) is 12.8 Å². The van der Waals surface area contributed by atoms with Gasteiger partial charge in [-0.2, -0.15) is 4.98 Å². The van der Waals surface area contributed by atoms with Gasteiger partial charge in [0.05, 0.1) is 13.2 Å². The maximum absolute atomic E-state index is 5.82. The highest BCUT2D eigenvalue weighted by Crippen LogP contribution is 2.27. The highest BCUT2D eigenvalue weighted by molar-refractivity contribution is 5.45. The molecule has 2 rings (SSSR count). The fourth-order valence-electron chi connectivity index (χ4n) is 1.93. The minimum Gasteiger partial charge on any atom is -0.470 e. The highest BCUT2D eigenvalue weighted by atomic mass is 16.5. The molecule has 100 valence electrons. The summed E-state index contributed by atoms with van der Waals surface area (Å²) in [6.07, 6.45) is 3.57. The van der Waals surface area contributed by atoms with Crippen LogP contribution in [-0.4, -0.2) is 43.4 Å². The largest absolute Gasteiger partial charge is 0.470 e. The van der Waals surface area contributed by atoms with Gasteiger partial charge >= 0.3 is 0 Å². The molecule has 1 aromatic rings. The molecule has 0 saturated carbocycles. The van der Waals surface area contributed by atoms with Gasteiger partial charge in [-0.3, -0.25) is 0 Å². The average Bonchev–Trinajstić information content (AvgIpc) is 2.42. The lowest BCUT2D eigenvalue weighted by atomic mass is 9.99. The zero-order valence-electron chi connectivity index (χ0n) is 10.8. The summed E-state index contributed by atoms with van der Waals surface area (Å²) in [5, 5.41) is 2.05. The number of hydrogen-bond donors (Lipinski definition) is 2. The summed E-state index contributed by atoms with van der Waals surface area (Å²) in [7, 11) is 2.00. The van der Waals surface area contributed by atoms with E-state index in [9.17, 15) is 0 Å². The van der Waals surface area contributed by atoms with E-state index in [1.807, 2.05) is 7.05 Å². The first kappa shape index (κ1) is 13.0. The third kappa shape index (κ3) is 3.30. The lowest BCUT2D eigenvalue weighted by Gasteiger charge is -2.21. The molecule has 1 aromatic heterocycles. The van der Waals surface area contributed by atoms with Gasteiger partial charge in [0, 0.05) is 19.1 Å². The molecule has 4 N–H and O–H groups in total. The SMILES string of the molecule is C[NH2+]CCOc1nc(C2CCOCC2)ncc1N. The molecule has 0 atom stereocenters. The first-order chi connectivity index (χ1) is 8.81. The zero-order valence-corrected chi connectivity index (χ0v) is 10.8. The molecular formula is C12H21N4O2+. The quantitative estimate of drug-likeness (QED) is 0.692. The van der Waals surface area contributed by atoms with E-state index in [1.165, 1.54) is 0 Å². The maximum atomic E-state index is 5.82. The van der Waals surface area contributed by atoms with Crippen LogP contribution in [0.25, 0.3) is 0 Å². The van der Waals surface area contributed by atoms with Gasteiger partial charge in [-0.25, -0.2) is 4.98 Å². The van der Waals surface area contributed by atoms with Gasteiger partial charge < -0.3 is 20.5 Å². The van der Waals surface area contributed by atoms with Crippen molar-refractivity contribution in [3.63, 3.8) is 0 Å². The summed E-state index contributed by atoms with van der Waals surface area (Å²) < 4.78 is 10.9. The predicted octanol–water partition coefficient (Wildman–Crippen LogP) is -0.475. The van der Waals surface area contributed by atoms with E-state index in [1.54, 1.807) is 6.20 Å². The van der Waals surface area contributed by atoms with Crippen LogP contribution >= 0.6 is 0 Å². The van der Waals surface area contributed by atoms with Crippen molar-refractivity contribution in [3.8, 4) is 5.88 Å². The zero-order chi connectivity index (χ0) is 12.8. The van der Waals surface area contributed by atoms with Gasteiger partial charge in [-0.1, -0.05) is 0 Å². The third-order valence-electron chi connectivity index (χ3n) is 3.03. The van der Waals surface area contributed by atoms with Crippen molar-refractivity contribution in [2.24, 2.45) is 0 Å². The summed E-state index contributed by atoms with van der Waals surface area (Å²) in [4.78, 5) is 8.75. The van der Waals surface area contributed by atoms with Crippen LogP contribution in [-0.2, 0) is 4.74 Å². The Kier molecular flexibility index (Phi) is 4.72. The maximum Gasteiger partial charge on any atom is 0.240 e. The van der Waals surface area contributed by atoms with Gasteiger partial charge in [0.15, 0.2) is 0 Å². The monoisotopic (exact) mass is 253 g/mol. The van der Waals surface area contributed by atoms with E-state index in [4.69, 9.17) is 15.2 Å². The van der Waals surface area contributed by atoms with Crippen LogP contribution in [0, 0.1) is 0 Å². The fraction of sp³-hybridized carbons (Fsp3) is 0.667. The van der Waals surface area contributed by atoms with Crippen LogP contribution in [0.3, 0.4) is 0 Å². The van der Waals surface area contributed by atoms with Crippen LogP contribution in [0.5, 0.6) is 5.88 Å². The molecule has 1 fully saturated rings. The van der Waals surface area contributed by atoms with E-state index >= 15 is 0 Å². The molecule has 1 saturated heterocycles. The molecule has 0 amide bonds. The predicted molar refractivity (Wildman–Crippen MR) is 67.4 cm³/mol. The Morgan fingerprint density at radius 1 is 1.50 bits per heavy atom. The van der Waals surface area contributed by atoms with Crippen LogP contribution in [0.4, 0.5) is 5.69 Å². The van der Waals surface area contributed by atoms with Crippen molar-refractivity contribution < 1.29 is 14.8 Å². The number of nitrogens with zero attached hydrogens (tertiary/aromatic N) is 2. The minimum absolute atomic E-state index is 0.361. The second-order valence-corrected chi connectivity index (χ2v) is 4.42. The number of hydrogen-bond acceptors (Lipinski definition) is 5. The summed E-state index contributed by atoms with van der Waals surface area (Å²) in [5.41, 5.74) is 6.32. The molecule has 2 heterocycles. The normalized spacial score (nSPS) is 16.7. The Morgan fingerprint density at radius 3 is 3.00 bits per heavy atom. The van der Waals surface area contributed by atoms with E-state index in [2.05, 4.69) is 15.3 Å². The number of quaternary nitrogens is 1. The molecule has 0 bridgehead atoms. The van der Waals surface area contributed by atoms with Gasteiger partial charge in [0.2, 0.25) is 5.88 Å². The summed E-state index contributed by atoms with van der Waals surface area (Å²) in [5.74, 6) is 1.69. The number of ether oxygens (including phenoxy) is 2. The van der Waals surface area contributed by atoms with Crippen molar-refractivity contribution in [1.29, 1.82) is 0 Å². The molecule has 0 unspecified atom stereocenters. The Bertz CT molecular complexity index is 380. The molecule has 18 heavy (non-hydrogen) atoms. The van der Waals surface area contributed by atoms with Crippen molar-refractivity contribution >= 4 is 5.69 Å². The first-order valence-electron chi connectivity index (χ1n) is 6.42. The smallest absolute Gasteiger partial charge is 0.240 e. The number of likely N-dealkylation sites (N-methyl/N-ethyl adjacent to an activating group) is 1. The van der Waals surface area contributed by atoms with Crippen molar-refractivity contribution in [1.82, 2.24) is 9.97 Å². The standard InChI is InChI=1S/C12H20N4O2/c1-14-4-7-18-12-10(13)8-15-11(16-12)9-2-5-17-6-3-9/h8-9,14H,2-7,13H2,1H3/p+1. The number of rotatable bonds is 5. The van der Waals surface area contributed by atoms with Gasteiger partial charge in [0.1, 0.15) is 24.7 Å². The lowest BCUT2D eigenvalue weighted by molar-refractivity contribution is -0.627. The van der Waals surface area contributed by atoms with E-state index in [0.29, 0.717) is 24.1 Å². The van der Waals surface area contributed by atoms with E-state index in [0.717, 1.165) is 38.4 Å². The summed E-state index contributed by atoms with van der Waals surface area (Å²) >= 11 is 0. The number of aromatic nitrogens is 2. The van der Waals surface area contributed by atoms with E-state index in [-0.39, 0.29) is 0 Å². The number of nitrogen functional groups attached to an aromatic ring is 1. The van der Waals surface area contributed by atoms with Crippen LogP contribution in [0.1, 0.15) is 24.6 Å². The third-order valence-corrected chi connectivity index (χ3v) is 3.03. The van der Waals surface area contributed by atoms with Gasteiger partial charge in [-0.15, -0.1) is 0 Å². The second-order valence-electron chi connectivity index (χ2n) is 4.42. The molecule has 0 aliphatic carbocycles. The molecule has 1 aliphatic heterocycles. The molecule has 0 radical (unpaired) electrons. The Hall–Kier alpha value is -1.40. The highest BCUT2D eigenvalue weighted by Gasteiger charge is 2.19. The van der Waals surface area contributed by atoms with Crippen LogP contribution in [0.2, 0.25) is 0 Å². The van der Waals surface area contributed by atoms with Crippen LogP contribution in [0.15, 0.2) is 6.20 Å². The first-order valence-corrected chi connectivity index (χ1v) is 6.42. The van der Waals surface area contributed by atoms with Gasteiger partial charge in [0.25, 0.3) is 0 Å². The fourth-order valence-corrected chi connectivity index (χ4v) is 1.93. The molecule has 0 aromatic carbocycles. The number of anilines is 1.